The molecule has 0 N–H and O–H groups in total. The Kier molecular flexibility index (Phi) is 4.27. The summed E-state index contributed by atoms with van der Waals surface area (Å²) in [4.78, 5) is 9.45. The molecule has 0 radical (unpaired) electrons. The highest BCUT2D eigenvalue weighted by atomic mass is 35.7. The zero-order valence-corrected chi connectivity index (χ0v) is 13.0. The second kappa shape index (κ2) is 5.60. The molecule has 0 spiro atoms. The van der Waals surface area contributed by atoms with E-state index in [4.69, 9.17) is 10.7 Å². The third kappa shape index (κ3) is 3.34. The maximum absolute atomic E-state index is 11.3. The minimum absolute atomic E-state index is 0.0768. The third-order valence-corrected chi connectivity index (χ3v) is 4.99. The van der Waals surface area contributed by atoms with Gasteiger partial charge in [-0.15, -0.1) is 11.3 Å². The van der Waals surface area contributed by atoms with Crippen LogP contribution >= 0.6 is 22.0 Å². The lowest BCUT2D eigenvalue weighted by atomic mass is 10.3. The van der Waals surface area contributed by atoms with E-state index in [0.717, 1.165) is 17.9 Å². The van der Waals surface area contributed by atoms with Crippen molar-refractivity contribution in [1.82, 2.24) is 14.5 Å². The molecule has 0 aliphatic rings. The molecule has 8 heteroatoms. The molecular formula is C11H14ClN3O2S2. The molecule has 0 aliphatic heterocycles. The number of imidazole rings is 1. The van der Waals surface area contributed by atoms with Crippen LogP contribution in [-0.4, -0.2) is 23.0 Å². The van der Waals surface area contributed by atoms with Gasteiger partial charge in [0.05, 0.1) is 11.2 Å². The molecule has 0 amide bonds. The summed E-state index contributed by atoms with van der Waals surface area (Å²) in [6.07, 6.45) is 2.97. The Labute approximate surface area is 120 Å². The van der Waals surface area contributed by atoms with Gasteiger partial charge in [0.2, 0.25) is 0 Å². The average molecular weight is 320 g/mol. The van der Waals surface area contributed by atoms with Crippen molar-refractivity contribution in [2.24, 2.45) is 0 Å². The van der Waals surface area contributed by atoms with Crippen LogP contribution in [0.5, 0.6) is 0 Å². The summed E-state index contributed by atoms with van der Waals surface area (Å²) < 4.78 is 24.4. The molecule has 2 rings (SSSR count). The Morgan fingerprint density at radius 1 is 1.47 bits per heavy atom. The van der Waals surface area contributed by atoms with E-state index >= 15 is 0 Å². The topological polar surface area (TPSA) is 64.8 Å². The molecule has 2 aromatic heterocycles. The smallest absolute Gasteiger partial charge is 0.280 e. The molecule has 2 aromatic rings. The van der Waals surface area contributed by atoms with Crippen LogP contribution in [-0.2, 0) is 28.4 Å². The predicted molar refractivity (Wildman–Crippen MR) is 75.2 cm³/mol. The molecule has 0 unspecified atom stereocenters. The van der Waals surface area contributed by atoms with Crippen molar-refractivity contribution < 1.29 is 8.42 Å². The molecule has 104 valence electrons. The van der Waals surface area contributed by atoms with Crippen molar-refractivity contribution in [3.05, 3.63) is 28.1 Å². The van der Waals surface area contributed by atoms with Crippen molar-refractivity contribution in [3.63, 3.8) is 0 Å². The first-order valence-corrected chi connectivity index (χ1v) is 9.00. The summed E-state index contributed by atoms with van der Waals surface area (Å²) in [6.45, 7) is 4.57. The lowest BCUT2D eigenvalue weighted by Crippen LogP contribution is -2.04. The van der Waals surface area contributed by atoms with Gasteiger partial charge in [-0.3, -0.25) is 0 Å². The number of thiazole rings is 1. The van der Waals surface area contributed by atoms with Crippen LogP contribution in [0.4, 0.5) is 0 Å². The normalized spacial score (nSPS) is 11.9. The first-order chi connectivity index (χ1) is 8.91. The van der Waals surface area contributed by atoms with Crippen molar-refractivity contribution in [2.75, 3.05) is 0 Å². The summed E-state index contributed by atoms with van der Waals surface area (Å²) >= 11 is 1.61. The van der Waals surface area contributed by atoms with Crippen LogP contribution in [0.15, 0.2) is 16.7 Å². The fraction of sp³-hybridized carbons (Fsp3) is 0.455. The quantitative estimate of drug-likeness (QED) is 0.794. The van der Waals surface area contributed by atoms with E-state index < -0.39 is 9.05 Å². The van der Waals surface area contributed by atoms with Crippen molar-refractivity contribution in [2.45, 2.75) is 38.3 Å². The van der Waals surface area contributed by atoms with E-state index in [9.17, 15) is 8.42 Å². The first-order valence-electron chi connectivity index (χ1n) is 5.81. The minimum atomic E-state index is -3.76. The lowest BCUT2D eigenvalue weighted by Gasteiger charge is -2.04. The zero-order valence-electron chi connectivity index (χ0n) is 10.6. The number of hydrogen-bond acceptors (Lipinski definition) is 5. The number of halogens is 1. The molecule has 0 aliphatic carbocycles. The number of nitrogens with zero attached hydrogens (tertiary/aromatic N) is 3. The van der Waals surface area contributed by atoms with E-state index in [1.165, 1.54) is 11.1 Å². The molecule has 19 heavy (non-hydrogen) atoms. The van der Waals surface area contributed by atoms with Gasteiger partial charge < -0.3 is 4.57 Å². The van der Waals surface area contributed by atoms with Crippen LogP contribution in [0, 0.1) is 6.92 Å². The number of aromatic nitrogens is 3. The van der Waals surface area contributed by atoms with Crippen LogP contribution < -0.4 is 0 Å². The van der Waals surface area contributed by atoms with E-state index in [1.807, 2.05) is 23.9 Å². The lowest BCUT2D eigenvalue weighted by molar-refractivity contribution is 0.606. The molecule has 0 saturated heterocycles. The maximum atomic E-state index is 11.3. The molecule has 0 bridgehead atoms. The summed E-state index contributed by atoms with van der Waals surface area (Å²) in [6, 6.07) is 0. The second-order valence-corrected chi connectivity index (χ2v) is 7.54. The first kappa shape index (κ1) is 14.5. The van der Waals surface area contributed by atoms with Gasteiger partial charge in [0, 0.05) is 41.1 Å². The molecular weight excluding hydrogens is 306 g/mol. The molecule has 2 heterocycles. The second-order valence-electron chi connectivity index (χ2n) is 4.09. The minimum Gasteiger partial charge on any atom is -0.333 e. The van der Waals surface area contributed by atoms with Gasteiger partial charge in [0.1, 0.15) is 5.82 Å². The molecule has 0 fully saturated rings. The van der Waals surface area contributed by atoms with E-state index in [0.29, 0.717) is 13.0 Å². The fourth-order valence-electron chi connectivity index (χ4n) is 1.81. The van der Waals surface area contributed by atoms with Gasteiger partial charge in [-0.1, -0.05) is 6.92 Å². The Morgan fingerprint density at radius 2 is 2.21 bits per heavy atom. The van der Waals surface area contributed by atoms with Crippen molar-refractivity contribution >= 4 is 31.1 Å². The number of hydrogen-bond donors (Lipinski definition) is 0. The SMILES string of the molecule is CCc1nc(S(=O)(=O)Cl)cn1CCc1scnc1C. The Morgan fingerprint density at radius 3 is 2.74 bits per heavy atom. The molecule has 0 atom stereocenters. The largest absolute Gasteiger partial charge is 0.333 e. The highest BCUT2D eigenvalue weighted by Crippen LogP contribution is 2.17. The molecule has 0 aromatic carbocycles. The van der Waals surface area contributed by atoms with Crippen LogP contribution in [0.2, 0.25) is 0 Å². The van der Waals surface area contributed by atoms with Gasteiger partial charge in [-0.2, -0.15) is 0 Å². The highest BCUT2D eigenvalue weighted by Gasteiger charge is 2.17. The average Bonchev–Trinajstić information content (AvgIpc) is 2.91. The number of aryl methyl sites for hydroxylation is 4. The monoisotopic (exact) mass is 319 g/mol. The van der Waals surface area contributed by atoms with Gasteiger partial charge in [-0.25, -0.2) is 18.4 Å². The highest BCUT2D eigenvalue weighted by molar-refractivity contribution is 8.13. The van der Waals surface area contributed by atoms with E-state index in [2.05, 4.69) is 9.97 Å². The van der Waals surface area contributed by atoms with Crippen molar-refractivity contribution in [3.8, 4) is 0 Å². The Hall–Kier alpha value is -0.920. The fourth-order valence-corrected chi connectivity index (χ4v) is 3.27. The van der Waals surface area contributed by atoms with Crippen molar-refractivity contribution in [1.29, 1.82) is 0 Å². The zero-order chi connectivity index (χ0) is 14.0. The standard InChI is InChI=1S/C11H14ClN3O2S2/c1-3-10-14-11(19(12,16)17)6-15(10)5-4-9-8(2)13-7-18-9/h6-7H,3-5H2,1-2H3. The van der Waals surface area contributed by atoms with Crippen LogP contribution in [0.1, 0.15) is 23.3 Å². The summed E-state index contributed by atoms with van der Waals surface area (Å²) in [5.74, 6) is 0.724. The van der Waals surface area contributed by atoms with Gasteiger partial charge in [0.15, 0.2) is 5.03 Å². The number of rotatable bonds is 5. The predicted octanol–water partition coefficient (Wildman–Crippen LogP) is 2.38. The third-order valence-electron chi connectivity index (χ3n) is 2.83. The van der Waals surface area contributed by atoms with E-state index in [-0.39, 0.29) is 5.03 Å². The van der Waals surface area contributed by atoms with E-state index in [1.54, 1.807) is 11.3 Å². The summed E-state index contributed by atoms with van der Waals surface area (Å²) in [5, 5.41) is -0.0768. The van der Waals surface area contributed by atoms with Gasteiger partial charge >= 0.3 is 0 Å². The molecule has 5 nitrogen and oxygen atoms in total. The maximum Gasteiger partial charge on any atom is 0.280 e. The summed E-state index contributed by atoms with van der Waals surface area (Å²) in [7, 11) is 1.55. The van der Waals surface area contributed by atoms with Gasteiger partial charge in [-0.05, 0) is 6.92 Å². The van der Waals surface area contributed by atoms with Crippen LogP contribution in [0.25, 0.3) is 0 Å². The molecule has 0 saturated carbocycles. The van der Waals surface area contributed by atoms with Crippen LogP contribution in [0.3, 0.4) is 0 Å². The summed E-state index contributed by atoms with van der Waals surface area (Å²) in [5.41, 5.74) is 2.84. The van der Waals surface area contributed by atoms with Gasteiger partial charge in [0.25, 0.3) is 9.05 Å². The Bertz CT molecular complexity index is 676. The Balaban J connectivity index is 2.20.